The fourth-order valence-corrected chi connectivity index (χ4v) is 1.98. The third kappa shape index (κ3) is 1.47. The highest BCUT2D eigenvalue weighted by atomic mass is 35.5. The third-order valence-corrected chi connectivity index (χ3v) is 2.70. The Kier molecular flexibility index (Phi) is 2.61. The van der Waals surface area contributed by atoms with Gasteiger partial charge in [-0.15, -0.1) is 11.6 Å². The van der Waals surface area contributed by atoms with Crippen molar-refractivity contribution in [3.05, 3.63) is 28.7 Å². The summed E-state index contributed by atoms with van der Waals surface area (Å²) in [5, 5.41) is 4.69. The van der Waals surface area contributed by atoms with Gasteiger partial charge in [0.15, 0.2) is 5.65 Å². The number of fused-ring (bicyclic) bond motifs is 1. The Morgan fingerprint density at radius 1 is 1.50 bits per heavy atom. The molecule has 14 heavy (non-hydrogen) atoms. The van der Waals surface area contributed by atoms with E-state index in [4.69, 9.17) is 23.2 Å². The maximum atomic E-state index is 6.17. The second-order valence-electron chi connectivity index (χ2n) is 3.01. The van der Waals surface area contributed by atoms with Gasteiger partial charge in [-0.2, -0.15) is 5.10 Å². The van der Waals surface area contributed by atoms with Crippen LogP contribution >= 0.6 is 23.2 Å². The van der Waals surface area contributed by atoms with Crippen LogP contribution in [0, 0.1) is 6.92 Å². The Morgan fingerprint density at radius 3 is 3.00 bits per heavy atom. The van der Waals surface area contributed by atoms with E-state index in [1.54, 1.807) is 10.7 Å². The summed E-state index contributed by atoms with van der Waals surface area (Å²) in [6.07, 6.45) is 2.40. The molecule has 0 aliphatic carbocycles. The Hall–Kier alpha value is -0.800. The van der Waals surface area contributed by atoms with Gasteiger partial charge in [-0.25, -0.2) is 9.50 Å². The number of aromatic nitrogens is 3. The molecule has 0 bridgehead atoms. The summed E-state index contributed by atoms with van der Waals surface area (Å²) in [5.41, 5.74) is 2.66. The normalized spacial score (nSPS) is 11.1. The van der Waals surface area contributed by atoms with E-state index >= 15 is 0 Å². The first-order valence-electron chi connectivity index (χ1n) is 4.28. The molecule has 0 saturated heterocycles. The lowest BCUT2D eigenvalue weighted by Gasteiger charge is -2.07. The van der Waals surface area contributed by atoms with E-state index in [1.807, 2.05) is 13.0 Å². The highest BCUT2D eigenvalue weighted by Gasteiger charge is 2.10. The Balaban J connectivity index is 2.69. The second-order valence-corrected chi connectivity index (χ2v) is 3.74. The number of nitrogens with zero attached hydrogens (tertiary/aromatic N) is 3. The maximum Gasteiger partial charge on any atom is 0.156 e. The van der Waals surface area contributed by atoms with Crippen LogP contribution in [0.4, 0.5) is 0 Å². The van der Waals surface area contributed by atoms with Crippen LogP contribution in [0.3, 0.4) is 0 Å². The largest absolute Gasteiger partial charge is 0.233 e. The fraction of sp³-hybridized carbons (Fsp3) is 0.333. The van der Waals surface area contributed by atoms with Crippen molar-refractivity contribution in [3.8, 4) is 0 Å². The number of hydrogen-bond donors (Lipinski definition) is 0. The second kappa shape index (κ2) is 3.75. The predicted octanol–water partition coefficient (Wildman–Crippen LogP) is 2.47. The number of aryl methyl sites for hydroxylation is 1. The quantitative estimate of drug-likeness (QED) is 0.586. The summed E-state index contributed by atoms with van der Waals surface area (Å²) in [6.45, 7) is 1.93. The highest BCUT2D eigenvalue weighted by molar-refractivity contribution is 6.30. The molecular weight excluding hydrogens is 221 g/mol. The third-order valence-electron chi connectivity index (χ3n) is 2.12. The van der Waals surface area contributed by atoms with Crippen molar-refractivity contribution in [3.63, 3.8) is 0 Å². The van der Waals surface area contributed by atoms with Crippen molar-refractivity contribution in [1.82, 2.24) is 14.6 Å². The molecule has 0 spiro atoms. The molecule has 0 radical (unpaired) electrons. The lowest BCUT2D eigenvalue weighted by molar-refractivity contribution is 0.897. The molecule has 0 fully saturated rings. The number of alkyl halides is 1. The van der Waals surface area contributed by atoms with Crippen LogP contribution in [-0.4, -0.2) is 20.5 Å². The monoisotopic (exact) mass is 229 g/mol. The Labute approximate surface area is 91.7 Å². The number of halogens is 2. The van der Waals surface area contributed by atoms with E-state index in [1.165, 1.54) is 0 Å². The van der Waals surface area contributed by atoms with Gasteiger partial charge in [0.1, 0.15) is 5.15 Å². The molecular formula is C9H9Cl2N3. The van der Waals surface area contributed by atoms with Crippen molar-refractivity contribution in [2.24, 2.45) is 0 Å². The zero-order valence-corrected chi connectivity index (χ0v) is 9.18. The first-order valence-corrected chi connectivity index (χ1v) is 5.20. The minimum Gasteiger partial charge on any atom is -0.233 e. The lowest BCUT2D eigenvalue weighted by Crippen LogP contribution is -2.02. The molecule has 0 aliphatic heterocycles. The van der Waals surface area contributed by atoms with Gasteiger partial charge in [-0.05, 0) is 13.3 Å². The zero-order chi connectivity index (χ0) is 10.1. The van der Waals surface area contributed by atoms with E-state index in [-0.39, 0.29) is 0 Å². The van der Waals surface area contributed by atoms with Gasteiger partial charge in [0.05, 0.1) is 6.20 Å². The van der Waals surface area contributed by atoms with Crippen LogP contribution in [-0.2, 0) is 6.42 Å². The fourth-order valence-electron chi connectivity index (χ4n) is 1.43. The van der Waals surface area contributed by atoms with E-state index in [9.17, 15) is 0 Å². The lowest BCUT2D eigenvalue weighted by atomic mass is 10.2. The van der Waals surface area contributed by atoms with Gasteiger partial charge in [0.25, 0.3) is 0 Å². The van der Waals surface area contributed by atoms with E-state index < -0.39 is 0 Å². The Bertz CT molecular complexity index is 464. The highest BCUT2D eigenvalue weighted by Crippen LogP contribution is 2.20. The van der Waals surface area contributed by atoms with Crippen LogP contribution in [0.15, 0.2) is 12.3 Å². The Morgan fingerprint density at radius 2 is 2.29 bits per heavy atom. The SMILES string of the molecule is Cc1nc2ccnn2c(Cl)c1CCCl. The molecule has 3 nitrogen and oxygen atoms in total. The van der Waals surface area contributed by atoms with Crippen LogP contribution in [0.25, 0.3) is 5.65 Å². The predicted molar refractivity (Wildman–Crippen MR) is 57.2 cm³/mol. The molecule has 2 aromatic heterocycles. The molecule has 0 amide bonds. The molecule has 2 aromatic rings. The average molecular weight is 230 g/mol. The minimum atomic E-state index is 0.537. The van der Waals surface area contributed by atoms with Crippen molar-refractivity contribution >= 4 is 28.8 Å². The summed E-state index contributed by atoms with van der Waals surface area (Å²) < 4.78 is 1.62. The molecule has 0 atom stereocenters. The number of hydrogen-bond acceptors (Lipinski definition) is 2. The van der Waals surface area contributed by atoms with Gasteiger partial charge in [0, 0.05) is 23.2 Å². The molecule has 5 heteroatoms. The van der Waals surface area contributed by atoms with Crippen molar-refractivity contribution < 1.29 is 0 Å². The number of rotatable bonds is 2. The average Bonchev–Trinajstić information content (AvgIpc) is 2.60. The van der Waals surface area contributed by atoms with Crippen LogP contribution in [0.2, 0.25) is 5.15 Å². The molecule has 0 N–H and O–H groups in total. The molecule has 2 rings (SSSR count). The minimum absolute atomic E-state index is 0.537. The van der Waals surface area contributed by atoms with Gasteiger partial charge in [-0.1, -0.05) is 11.6 Å². The summed E-state index contributed by atoms with van der Waals surface area (Å²) in [5.74, 6) is 0.537. The first-order chi connectivity index (χ1) is 6.74. The molecule has 0 aliphatic rings. The molecule has 74 valence electrons. The van der Waals surface area contributed by atoms with Gasteiger partial charge in [0.2, 0.25) is 0 Å². The van der Waals surface area contributed by atoms with E-state index in [0.29, 0.717) is 11.0 Å². The smallest absolute Gasteiger partial charge is 0.156 e. The van der Waals surface area contributed by atoms with Crippen LogP contribution in [0.5, 0.6) is 0 Å². The maximum absolute atomic E-state index is 6.17. The van der Waals surface area contributed by atoms with Gasteiger partial charge < -0.3 is 0 Å². The van der Waals surface area contributed by atoms with E-state index in [0.717, 1.165) is 23.3 Å². The molecule has 0 aromatic carbocycles. The summed E-state index contributed by atoms with van der Waals surface area (Å²) in [4.78, 5) is 4.37. The zero-order valence-electron chi connectivity index (χ0n) is 7.67. The summed E-state index contributed by atoms with van der Waals surface area (Å²) >= 11 is 11.9. The van der Waals surface area contributed by atoms with Crippen molar-refractivity contribution in [2.75, 3.05) is 5.88 Å². The summed E-state index contributed by atoms with van der Waals surface area (Å²) in [6, 6.07) is 1.82. The van der Waals surface area contributed by atoms with Crippen molar-refractivity contribution in [1.29, 1.82) is 0 Å². The van der Waals surface area contributed by atoms with Crippen molar-refractivity contribution in [2.45, 2.75) is 13.3 Å². The molecule has 0 unspecified atom stereocenters. The molecule has 2 heterocycles. The van der Waals surface area contributed by atoms with Crippen LogP contribution < -0.4 is 0 Å². The topological polar surface area (TPSA) is 30.2 Å². The standard InChI is InChI=1S/C9H9Cl2N3/c1-6-7(2-4-10)9(11)14-8(13-6)3-5-12-14/h3,5H,2,4H2,1H3. The van der Waals surface area contributed by atoms with Gasteiger partial charge in [-0.3, -0.25) is 0 Å². The van der Waals surface area contributed by atoms with E-state index in [2.05, 4.69) is 10.1 Å². The summed E-state index contributed by atoms with van der Waals surface area (Å²) in [7, 11) is 0. The van der Waals surface area contributed by atoms with Gasteiger partial charge >= 0.3 is 0 Å². The first kappa shape index (κ1) is 9.74. The van der Waals surface area contributed by atoms with Crippen LogP contribution in [0.1, 0.15) is 11.3 Å². The molecule has 0 saturated carbocycles.